The van der Waals surface area contributed by atoms with Crippen molar-refractivity contribution in [1.82, 2.24) is 9.55 Å². The van der Waals surface area contributed by atoms with Crippen LogP contribution in [0.5, 0.6) is 0 Å². The monoisotopic (exact) mass is 202 g/mol. The highest BCUT2D eigenvalue weighted by molar-refractivity contribution is 5.40. The molecule has 0 spiro atoms. The minimum absolute atomic E-state index is 0.100. The van der Waals surface area contributed by atoms with Crippen molar-refractivity contribution in [3.63, 3.8) is 0 Å². The zero-order valence-corrected chi connectivity index (χ0v) is 6.86. The summed E-state index contributed by atoms with van der Waals surface area (Å²) in [5.74, 6) is -1.53. The lowest BCUT2D eigenvalue weighted by Gasteiger charge is -1.96. The quantitative estimate of drug-likeness (QED) is 0.527. The third kappa shape index (κ3) is 1.66. The van der Waals surface area contributed by atoms with E-state index in [2.05, 4.69) is 4.98 Å². The predicted octanol–water partition coefficient (Wildman–Crippen LogP) is -0.308. The normalized spacial score (nSPS) is 10.1. The molecule has 0 radical (unpaired) electrons. The maximum Gasteiger partial charge on any atom is 0.462 e. The summed E-state index contributed by atoms with van der Waals surface area (Å²) in [6.45, 7) is -0.453. The van der Waals surface area contributed by atoms with E-state index in [0.717, 1.165) is 10.9 Å². The molecule has 9 nitrogen and oxygen atoms in total. The molecular weight excluding hydrogens is 196 g/mol. The maximum atomic E-state index is 10.4. The predicted molar refractivity (Wildman–Crippen MR) is 42.6 cm³/mol. The first-order valence-corrected chi connectivity index (χ1v) is 3.52. The summed E-state index contributed by atoms with van der Waals surface area (Å²) < 4.78 is 0.915. The van der Waals surface area contributed by atoms with Crippen LogP contribution in [0, 0.1) is 20.2 Å². The molecule has 9 heteroatoms. The van der Waals surface area contributed by atoms with Crippen molar-refractivity contribution in [2.75, 3.05) is 6.61 Å². The number of aliphatic hydroxyl groups excluding tert-OH is 1. The minimum atomic E-state index is -0.938. The van der Waals surface area contributed by atoms with Gasteiger partial charge in [-0.1, -0.05) is 0 Å². The standard InChI is InChI=1S/C5H6N4O5/c10-2-1-7-3-6-4(8(11)12)5(7)9(13)14/h3,10H,1-2H2. The lowest BCUT2D eigenvalue weighted by molar-refractivity contribution is -0.428. The molecule has 14 heavy (non-hydrogen) atoms. The Balaban J connectivity index is 3.20. The molecule has 1 N–H and O–H groups in total. The van der Waals surface area contributed by atoms with Crippen LogP contribution < -0.4 is 0 Å². The number of aromatic nitrogens is 2. The fourth-order valence-electron chi connectivity index (χ4n) is 0.952. The van der Waals surface area contributed by atoms with Crippen LogP contribution >= 0.6 is 0 Å². The van der Waals surface area contributed by atoms with E-state index in [9.17, 15) is 20.2 Å². The summed E-state index contributed by atoms with van der Waals surface area (Å²) in [6.07, 6.45) is 0.951. The van der Waals surface area contributed by atoms with Crippen LogP contribution in [0.4, 0.5) is 11.6 Å². The highest BCUT2D eigenvalue weighted by atomic mass is 16.6. The molecule has 0 amide bonds. The Kier molecular flexibility index (Phi) is 2.72. The van der Waals surface area contributed by atoms with Gasteiger partial charge >= 0.3 is 11.6 Å². The zero-order chi connectivity index (χ0) is 10.7. The number of nitro groups is 2. The Labute approximate surface area is 76.9 Å². The molecule has 0 atom stereocenters. The van der Waals surface area contributed by atoms with Gasteiger partial charge in [0.2, 0.25) is 0 Å². The van der Waals surface area contributed by atoms with Gasteiger partial charge in [-0.2, -0.15) is 4.57 Å². The van der Waals surface area contributed by atoms with E-state index >= 15 is 0 Å². The van der Waals surface area contributed by atoms with Gasteiger partial charge in [0, 0.05) is 4.98 Å². The van der Waals surface area contributed by atoms with Crippen molar-refractivity contribution < 1.29 is 15.0 Å². The van der Waals surface area contributed by atoms with Crippen LogP contribution in [0.1, 0.15) is 0 Å². The molecule has 0 aromatic carbocycles. The summed E-state index contributed by atoms with van der Waals surface area (Å²) >= 11 is 0. The Morgan fingerprint density at radius 3 is 2.50 bits per heavy atom. The number of rotatable bonds is 4. The van der Waals surface area contributed by atoms with Crippen molar-refractivity contribution in [2.45, 2.75) is 6.54 Å². The Hall–Kier alpha value is -2.03. The topological polar surface area (TPSA) is 124 Å². The second-order valence-corrected chi connectivity index (χ2v) is 2.32. The van der Waals surface area contributed by atoms with Crippen LogP contribution in [0.3, 0.4) is 0 Å². The first-order valence-electron chi connectivity index (χ1n) is 3.52. The molecule has 1 aromatic heterocycles. The van der Waals surface area contributed by atoms with Gasteiger partial charge in [-0.3, -0.25) is 0 Å². The fraction of sp³-hybridized carbons (Fsp3) is 0.400. The van der Waals surface area contributed by atoms with E-state index in [0.29, 0.717) is 0 Å². The number of nitrogens with zero attached hydrogens (tertiary/aromatic N) is 4. The highest BCUT2D eigenvalue weighted by Crippen LogP contribution is 2.23. The molecule has 0 aliphatic heterocycles. The van der Waals surface area contributed by atoms with Gasteiger partial charge in [-0.05, 0) is 9.85 Å². The molecule has 1 aromatic rings. The second kappa shape index (κ2) is 3.79. The van der Waals surface area contributed by atoms with Gasteiger partial charge in [0.25, 0.3) is 6.33 Å². The zero-order valence-electron chi connectivity index (χ0n) is 6.86. The average Bonchev–Trinajstić information content (AvgIpc) is 2.48. The van der Waals surface area contributed by atoms with Crippen molar-refractivity contribution in [1.29, 1.82) is 0 Å². The fourth-order valence-corrected chi connectivity index (χ4v) is 0.952. The minimum Gasteiger partial charge on any atom is -0.392 e. The molecule has 76 valence electrons. The third-order valence-electron chi connectivity index (χ3n) is 1.48. The van der Waals surface area contributed by atoms with Crippen LogP contribution in [-0.2, 0) is 6.54 Å². The number of hydrogen-bond donors (Lipinski definition) is 1. The lowest BCUT2D eigenvalue weighted by Crippen LogP contribution is -2.06. The summed E-state index contributed by atoms with van der Waals surface area (Å²) in [5.41, 5.74) is 0. The SMILES string of the molecule is O=[N+]([O-])c1ncn(CCO)c1[N+](=O)[O-]. The van der Waals surface area contributed by atoms with Crippen molar-refractivity contribution in [2.24, 2.45) is 0 Å². The Morgan fingerprint density at radius 1 is 1.43 bits per heavy atom. The summed E-state index contributed by atoms with van der Waals surface area (Å²) in [6, 6.07) is 0. The van der Waals surface area contributed by atoms with Crippen LogP contribution in [-0.4, -0.2) is 31.1 Å². The molecular formula is C5H6N4O5. The first-order chi connectivity index (χ1) is 6.57. The third-order valence-corrected chi connectivity index (χ3v) is 1.48. The molecule has 1 heterocycles. The summed E-state index contributed by atoms with van der Waals surface area (Å²) in [5, 5.41) is 29.3. The number of hydrogen-bond acceptors (Lipinski definition) is 6. The van der Waals surface area contributed by atoms with E-state index in [1.165, 1.54) is 0 Å². The number of aliphatic hydroxyl groups is 1. The first kappa shape index (κ1) is 10.1. The molecule has 0 bridgehead atoms. The van der Waals surface area contributed by atoms with E-state index in [1.807, 2.05) is 0 Å². The van der Waals surface area contributed by atoms with E-state index < -0.39 is 21.5 Å². The molecule has 0 saturated heterocycles. The van der Waals surface area contributed by atoms with Gasteiger partial charge in [-0.15, -0.1) is 0 Å². The van der Waals surface area contributed by atoms with Gasteiger partial charge < -0.3 is 25.3 Å². The highest BCUT2D eigenvalue weighted by Gasteiger charge is 2.31. The maximum absolute atomic E-state index is 10.4. The van der Waals surface area contributed by atoms with Crippen molar-refractivity contribution >= 4 is 11.6 Å². The summed E-state index contributed by atoms with van der Waals surface area (Å²) in [4.78, 5) is 22.2. The molecule has 0 saturated carbocycles. The van der Waals surface area contributed by atoms with Crippen LogP contribution in [0.2, 0.25) is 0 Å². The van der Waals surface area contributed by atoms with Gasteiger partial charge in [0.15, 0.2) is 0 Å². The van der Waals surface area contributed by atoms with Crippen LogP contribution in [0.25, 0.3) is 0 Å². The molecule has 0 aliphatic carbocycles. The average molecular weight is 202 g/mol. The molecule has 0 unspecified atom stereocenters. The van der Waals surface area contributed by atoms with E-state index in [-0.39, 0.29) is 13.2 Å². The Bertz CT molecular complexity index is 372. The van der Waals surface area contributed by atoms with Crippen LogP contribution in [0.15, 0.2) is 6.33 Å². The summed E-state index contributed by atoms with van der Waals surface area (Å²) in [7, 11) is 0. The molecule has 1 rings (SSSR count). The molecule has 0 aliphatic rings. The van der Waals surface area contributed by atoms with Gasteiger partial charge in [0.05, 0.1) is 6.61 Å². The van der Waals surface area contributed by atoms with E-state index in [4.69, 9.17) is 5.11 Å². The Morgan fingerprint density at radius 2 is 2.07 bits per heavy atom. The lowest BCUT2D eigenvalue weighted by atomic mass is 10.6. The van der Waals surface area contributed by atoms with Gasteiger partial charge in [-0.25, -0.2) is 0 Å². The largest absolute Gasteiger partial charge is 0.462 e. The molecule has 0 fully saturated rings. The van der Waals surface area contributed by atoms with Crippen molar-refractivity contribution in [3.05, 3.63) is 26.6 Å². The number of imidazole rings is 1. The van der Waals surface area contributed by atoms with E-state index in [1.54, 1.807) is 0 Å². The van der Waals surface area contributed by atoms with Crippen molar-refractivity contribution in [3.8, 4) is 0 Å². The van der Waals surface area contributed by atoms with Gasteiger partial charge in [0.1, 0.15) is 6.54 Å². The smallest absolute Gasteiger partial charge is 0.392 e. The second-order valence-electron chi connectivity index (χ2n) is 2.32.